The van der Waals surface area contributed by atoms with Gasteiger partial charge in [0.1, 0.15) is 0 Å². The molecule has 3 nitrogen and oxygen atoms in total. The van der Waals surface area contributed by atoms with Crippen LogP contribution in [0, 0.1) is 18.6 Å². The number of hydrogen-bond donors (Lipinski definition) is 1. The Bertz CT molecular complexity index is 948. The third kappa shape index (κ3) is 2.64. The van der Waals surface area contributed by atoms with E-state index in [4.69, 9.17) is 5.73 Å². The standard InChI is InChI=1S/C18H16F2N2O/c1-11-3-2-4-14-9-13(7-8-21)17(18(23)22(11)14)12-5-6-15(19)16(20)10-12/h2-6,9-10H,7-8,21H2,1H3. The first-order valence-corrected chi connectivity index (χ1v) is 7.32. The molecule has 2 heterocycles. The smallest absolute Gasteiger partial charge is 0.263 e. The van der Waals surface area contributed by atoms with Crippen LogP contribution >= 0.6 is 0 Å². The van der Waals surface area contributed by atoms with Gasteiger partial charge in [0.2, 0.25) is 0 Å². The highest BCUT2D eigenvalue weighted by atomic mass is 19.2. The van der Waals surface area contributed by atoms with Gasteiger partial charge in [-0.2, -0.15) is 0 Å². The molecule has 1 aromatic carbocycles. The molecule has 0 fully saturated rings. The molecule has 5 heteroatoms. The van der Waals surface area contributed by atoms with Crippen LogP contribution in [0.5, 0.6) is 0 Å². The number of fused-ring (bicyclic) bond motifs is 1. The summed E-state index contributed by atoms with van der Waals surface area (Å²) in [5.41, 5.74) is 8.37. The maximum absolute atomic E-state index is 13.6. The lowest BCUT2D eigenvalue weighted by molar-refractivity contribution is 0.509. The molecule has 0 aliphatic rings. The fourth-order valence-electron chi connectivity index (χ4n) is 2.84. The molecular formula is C18H16F2N2O. The van der Waals surface area contributed by atoms with E-state index in [0.717, 1.165) is 28.9 Å². The lowest BCUT2D eigenvalue weighted by Gasteiger charge is -2.13. The molecule has 0 aliphatic heterocycles. The highest BCUT2D eigenvalue weighted by Crippen LogP contribution is 2.24. The summed E-state index contributed by atoms with van der Waals surface area (Å²) < 4.78 is 28.4. The van der Waals surface area contributed by atoms with Crippen molar-refractivity contribution in [3.05, 3.63) is 75.7 Å². The molecule has 2 N–H and O–H groups in total. The normalized spacial score (nSPS) is 11.1. The molecule has 0 atom stereocenters. The SMILES string of the molecule is Cc1cccc2cc(CCN)c(-c3ccc(F)c(F)c3)c(=O)n12. The minimum Gasteiger partial charge on any atom is -0.330 e. The van der Waals surface area contributed by atoms with Crippen molar-refractivity contribution in [3.8, 4) is 11.1 Å². The molecule has 3 aromatic rings. The number of benzene rings is 1. The van der Waals surface area contributed by atoms with E-state index in [2.05, 4.69) is 0 Å². The second-order valence-electron chi connectivity index (χ2n) is 5.44. The van der Waals surface area contributed by atoms with E-state index in [-0.39, 0.29) is 5.56 Å². The van der Waals surface area contributed by atoms with Gasteiger partial charge in [-0.3, -0.25) is 9.20 Å². The lowest BCUT2D eigenvalue weighted by Crippen LogP contribution is -2.21. The molecule has 0 saturated heterocycles. The zero-order chi connectivity index (χ0) is 16.6. The molecule has 0 amide bonds. The van der Waals surface area contributed by atoms with Crippen LogP contribution in [0.25, 0.3) is 16.6 Å². The van der Waals surface area contributed by atoms with E-state index >= 15 is 0 Å². The number of pyridine rings is 2. The van der Waals surface area contributed by atoms with Gasteiger partial charge in [-0.15, -0.1) is 0 Å². The van der Waals surface area contributed by atoms with E-state index in [9.17, 15) is 13.6 Å². The Morgan fingerprint density at radius 1 is 1.09 bits per heavy atom. The van der Waals surface area contributed by atoms with E-state index in [0.29, 0.717) is 24.1 Å². The van der Waals surface area contributed by atoms with Crippen molar-refractivity contribution >= 4 is 5.52 Å². The number of halogens is 2. The van der Waals surface area contributed by atoms with Gasteiger partial charge in [0.15, 0.2) is 11.6 Å². The fraction of sp³-hybridized carbons (Fsp3) is 0.167. The number of nitrogens with zero attached hydrogens (tertiary/aromatic N) is 1. The summed E-state index contributed by atoms with van der Waals surface area (Å²) in [4.78, 5) is 12.9. The molecular weight excluding hydrogens is 298 g/mol. The molecule has 2 aromatic heterocycles. The van der Waals surface area contributed by atoms with Crippen molar-refractivity contribution in [2.75, 3.05) is 6.54 Å². The molecule has 0 spiro atoms. The number of nitrogens with two attached hydrogens (primary N) is 1. The Labute approximate surface area is 132 Å². The van der Waals surface area contributed by atoms with Crippen molar-refractivity contribution in [2.24, 2.45) is 5.73 Å². The van der Waals surface area contributed by atoms with Crippen LogP contribution in [0.15, 0.2) is 47.3 Å². The van der Waals surface area contributed by atoms with Gasteiger partial charge in [0.25, 0.3) is 5.56 Å². The van der Waals surface area contributed by atoms with Gasteiger partial charge in [-0.25, -0.2) is 8.78 Å². The topological polar surface area (TPSA) is 47.5 Å². The van der Waals surface area contributed by atoms with Gasteiger partial charge in [0.05, 0.1) is 5.56 Å². The van der Waals surface area contributed by atoms with Gasteiger partial charge in [-0.1, -0.05) is 12.1 Å². The third-order valence-corrected chi connectivity index (χ3v) is 3.90. The number of hydrogen-bond acceptors (Lipinski definition) is 2. The second-order valence-corrected chi connectivity index (χ2v) is 5.44. The van der Waals surface area contributed by atoms with Crippen LogP contribution in [0.2, 0.25) is 0 Å². The zero-order valence-electron chi connectivity index (χ0n) is 12.6. The zero-order valence-corrected chi connectivity index (χ0v) is 12.6. The summed E-state index contributed by atoms with van der Waals surface area (Å²) in [7, 11) is 0. The van der Waals surface area contributed by atoms with Gasteiger partial charge < -0.3 is 5.73 Å². The van der Waals surface area contributed by atoms with Gasteiger partial charge >= 0.3 is 0 Å². The Morgan fingerprint density at radius 3 is 2.57 bits per heavy atom. The summed E-state index contributed by atoms with van der Waals surface area (Å²) in [6.45, 7) is 2.18. The van der Waals surface area contributed by atoms with Crippen LogP contribution in [0.3, 0.4) is 0 Å². The molecule has 3 rings (SSSR count). The maximum Gasteiger partial charge on any atom is 0.263 e. The van der Waals surface area contributed by atoms with Crippen molar-refractivity contribution in [3.63, 3.8) is 0 Å². The molecule has 118 valence electrons. The Morgan fingerprint density at radius 2 is 1.87 bits per heavy atom. The average molecular weight is 314 g/mol. The number of aryl methyl sites for hydroxylation is 1. The van der Waals surface area contributed by atoms with Crippen molar-refractivity contribution < 1.29 is 8.78 Å². The predicted octanol–water partition coefficient (Wildman–Crippen LogP) is 3.05. The minimum atomic E-state index is -0.976. The quantitative estimate of drug-likeness (QED) is 0.808. The van der Waals surface area contributed by atoms with Crippen molar-refractivity contribution in [2.45, 2.75) is 13.3 Å². The van der Waals surface area contributed by atoms with E-state index in [1.54, 1.807) is 4.40 Å². The van der Waals surface area contributed by atoms with E-state index in [1.165, 1.54) is 6.07 Å². The first kappa shape index (κ1) is 15.4. The lowest BCUT2D eigenvalue weighted by atomic mass is 9.98. The first-order chi connectivity index (χ1) is 11.0. The Hall–Kier alpha value is -2.53. The highest BCUT2D eigenvalue weighted by Gasteiger charge is 2.15. The summed E-state index contributed by atoms with van der Waals surface area (Å²) >= 11 is 0. The molecule has 0 bridgehead atoms. The summed E-state index contributed by atoms with van der Waals surface area (Å²) in [5.74, 6) is -1.92. The van der Waals surface area contributed by atoms with Crippen molar-refractivity contribution in [1.29, 1.82) is 0 Å². The number of rotatable bonds is 3. The summed E-state index contributed by atoms with van der Waals surface area (Å²) in [6, 6.07) is 10.9. The van der Waals surface area contributed by atoms with Crippen LogP contribution in [0.4, 0.5) is 8.78 Å². The third-order valence-electron chi connectivity index (χ3n) is 3.90. The Kier molecular flexibility index (Phi) is 3.96. The second kappa shape index (κ2) is 5.93. The maximum atomic E-state index is 13.6. The average Bonchev–Trinajstić information content (AvgIpc) is 2.51. The fourth-order valence-corrected chi connectivity index (χ4v) is 2.84. The predicted molar refractivity (Wildman–Crippen MR) is 86.5 cm³/mol. The Balaban J connectivity index is 2.39. The molecule has 0 radical (unpaired) electrons. The van der Waals surface area contributed by atoms with Crippen LogP contribution in [0.1, 0.15) is 11.3 Å². The minimum absolute atomic E-state index is 0.255. The van der Waals surface area contributed by atoms with Crippen molar-refractivity contribution in [1.82, 2.24) is 4.40 Å². The van der Waals surface area contributed by atoms with E-state index < -0.39 is 11.6 Å². The van der Waals surface area contributed by atoms with Crippen LogP contribution < -0.4 is 11.3 Å². The molecule has 0 aliphatic carbocycles. The molecule has 0 saturated carbocycles. The largest absolute Gasteiger partial charge is 0.330 e. The number of aromatic nitrogens is 1. The molecule has 0 unspecified atom stereocenters. The highest BCUT2D eigenvalue weighted by molar-refractivity contribution is 5.70. The molecule has 23 heavy (non-hydrogen) atoms. The van der Waals surface area contributed by atoms with Crippen LogP contribution in [-0.2, 0) is 6.42 Å². The summed E-state index contributed by atoms with van der Waals surface area (Å²) in [5, 5.41) is 0. The van der Waals surface area contributed by atoms with Gasteiger partial charge in [-0.05, 0) is 61.3 Å². The summed E-state index contributed by atoms with van der Waals surface area (Å²) in [6.07, 6.45) is 0.480. The van der Waals surface area contributed by atoms with Gasteiger partial charge in [0, 0.05) is 11.2 Å². The van der Waals surface area contributed by atoms with Crippen LogP contribution in [-0.4, -0.2) is 10.9 Å². The first-order valence-electron chi connectivity index (χ1n) is 7.32. The van der Waals surface area contributed by atoms with E-state index in [1.807, 2.05) is 31.2 Å². The monoisotopic (exact) mass is 314 g/mol.